The van der Waals surface area contributed by atoms with E-state index in [0.717, 1.165) is 5.56 Å². The maximum atomic E-state index is 13.1. The molecule has 0 unspecified atom stereocenters. The fraction of sp³-hybridized carbons (Fsp3) is 0.273. The van der Waals surface area contributed by atoms with Gasteiger partial charge in [0.2, 0.25) is 0 Å². The van der Waals surface area contributed by atoms with Gasteiger partial charge in [-0.25, -0.2) is 8.57 Å². The van der Waals surface area contributed by atoms with E-state index < -0.39 is 15.8 Å². The number of nitrogens with zero attached hydrogens (tertiary/aromatic N) is 1. The molecule has 0 bridgehead atoms. The summed E-state index contributed by atoms with van der Waals surface area (Å²) in [6.45, 7) is 4.09. The monoisotopic (exact) mass is 369 g/mol. The van der Waals surface area contributed by atoms with Crippen LogP contribution in [0.4, 0.5) is 0 Å². The summed E-state index contributed by atoms with van der Waals surface area (Å²) in [7, 11) is -1.06. The Morgan fingerprint density at radius 2 is 1.54 bits per heavy atom. The van der Waals surface area contributed by atoms with Crippen molar-refractivity contribution in [2.75, 3.05) is 7.05 Å². The lowest BCUT2D eigenvalue weighted by atomic mass is 9.90. The third-order valence-corrected chi connectivity index (χ3v) is 6.30. The normalized spacial score (nSPS) is 16.7. The zero-order valence-corrected chi connectivity index (χ0v) is 16.3. The summed E-state index contributed by atoms with van der Waals surface area (Å²) in [6.07, 6.45) is 4.87. The molecule has 0 fully saturated rings. The van der Waals surface area contributed by atoms with Gasteiger partial charge in [0.15, 0.2) is 0 Å². The first-order valence-corrected chi connectivity index (χ1v) is 10.3. The van der Waals surface area contributed by atoms with Crippen LogP contribution in [0.3, 0.4) is 0 Å². The number of rotatable bonds is 7. The van der Waals surface area contributed by atoms with Crippen LogP contribution in [0.15, 0.2) is 87.5 Å². The largest absolute Gasteiger partial charge is 0.388 e. The van der Waals surface area contributed by atoms with Gasteiger partial charge < -0.3 is 5.11 Å². The zero-order valence-electron chi connectivity index (χ0n) is 15.5. The van der Waals surface area contributed by atoms with E-state index in [4.69, 9.17) is 0 Å². The summed E-state index contributed by atoms with van der Waals surface area (Å²) in [5, 5.41) is 12.3. The average Bonchev–Trinajstić information content (AvgIpc) is 2.67. The van der Waals surface area contributed by atoms with Gasteiger partial charge >= 0.3 is 0 Å². The fourth-order valence-electron chi connectivity index (χ4n) is 2.69. The van der Waals surface area contributed by atoms with Crippen LogP contribution in [-0.4, -0.2) is 22.5 Å². The van der Waals surface area contributed by atoms with Gasteiger partial charge in [0.25, 0.3) is 0 Å². The summed E-state index contributed by atoms with van der Waals surface area (Å²) >= 11 is 0. The maximum Gasteiger partial charge on any atom is 0.0963 e. The molecule has 0 aliphatic heterocycles. The summed E-state index contributed by atoms with van der Waals surface area (Å²) in [4.78, 5) is 0.676. The van der Waals surface area contributed by atoms with Gasteiger partial charge in [-0.1, -0.05) is 80.6 Å². The second kappa shape index (κ2) is 9.51. The number of aliphatic hydroxyl groups excluding tert-OH is 1. The van der Waals surface area contributed by atoms with Gasteiger partial charge in [-0.3, -0.25) is 0 Å². The molecule has 0 aliphatic rings. The van der Waals surface area contributed by atoms with Crippen LogP contribution in [0.1, 0.15) is 19.4 Å². The first-order valence-electron chi connectivity index (χ1n) is 8.76. The summed E-state index contributed by atoms with van der Waals surface area (Å²) in [5.74, 6) is 0.0409. The van der Waals surface area contributed by atoms with E-state index in [-0.39, 0.29) is 11.8 Å². The molecule has 0 saturated carbocycles. The van der Waals surface area contributed by atoms with Crippen molar-refractivity contribution in [3.05, 3.63) is 83.8 Å². The molecular weight excluding hydrogens is 342 g/mol. The van der Waals surface area contributed by atoms with Crippen molar-refractivity contribution in [1.29, 1.82) is 0 Å². The predicted molar refractivity (Wildman–Crippen MR) is 110 cm³/mol. The van der Waals surface area contributed by atoms with Gasteiger partial charge in [0.1, 0.15) is 0 Å². The molecule has 3 nitrogen and oxygen atoms in total. The Labute approximate surface area is 157 Å². The lowest BCUT2D eigenvalue weighted by Crippen LogP contribution is -2.21. The summed E-state index contributed by atoms with van der Waals surface area (Å²) in [6, 6.07) is 19.1. The van der Waals surface area contributed by atoms with Crippen molar-refractivity contribution in [2.24, 2.45) is 16.2 Å². The Morgan fingerprint density at radius 3 is 2.08 bits per heavy atom. The minimum atomic E-state index is -2.63. The number of hydrogen-bond acceptors (Lipinski definition) is 3. The Bertz CT molecular complexity index is 848. The molecule has 0 spiro atoms. The first kappa shape index (κ1) is 20.1. The maximum absolute atomic E-state index is 13.1. The molecule has 2 rings (SSSR count). The molecule has 3 atom stereocenters. The van der Waals surface area contributed by atoms with E-state index in [9.17, 15) is 9.32 Å². The number of aliphatic hydroxyl groups is 1. The van der Waals surface area contributed by atoms with Crippen molar-refractivity contribution in [3.63, 3.8) is 0 Å². The van der Waals surface area contributed by atoms with Crippen LogP contribution < -0.4 is 0 Å². The molecule has 26 heavy (non-hydrogen) atoms. The zero-order chi connectivity index (χ0) is 19.0. The van der Waals surface area contributed by atoms with Crippen LogP contribution in [0.5, 0.6) is 0 Å². The molecule has 138 valence electrons. The Kier molecular flexibility index (Phi) is 7.37. The standard InChI is InChI=1S/C22H27NO2S/c1-18(2)21(22(24)15-14-19-10-6-4-7-11-19)16-17-26(25,23-3)20-12-8-5-9-13-20/h4-18,21-22,24H,1-3H3/b15-14+,17-16-/t21-,22-,26-/m0/s1. The average molecular weight is 370 g/mol. The van der Waals surface area contributed by atoms with E-state index >= 15 is 0 Å². The van der Waals surface area contributed by atoms with Gasteiger partial charge in [-0.05, 0) is 23.6 Å². The highest BCUT2D eigenvalue weighted by Crippen LogP contribution is 2.22. The van der Waals surface area contributed by atoms with Crippen molar-refractivity contribution in [2.45, 2.75) is 24.8 Å². The Hall–Kier alpha value is -2.17. The summed E-state index contributed by atoms with van der Waals surface area (Å²) in [5.41, 5.74) is 1.04. The predicted octanol–water partition coefficient (Wildman–Crippen LogP) is 5.00. The molecule has 1 N–H and O–H groups in total. The molecule has 2 aromatic rings. The molecule has 0 aliphatic carbocycles. The van der Waals surface area contributed by atoms with Crippen LogP contribution in [0.25, 0.3) is 6.08 Å². The van der Waals surface area contributed by atoms with Gasteiger partial charge in [-0.2, -0.15) is 0 Å². The van der Waals surface area contributed by atoms with E-state index in [0.29, 0.717) is 4.90 Å². The van der Waals surface area contributed by atoms with Crippen molar-refractivity contribution < 1.29 is 9.32 Å². The topological polar surface area (TPSA) is 49.7 Å². The van der Waals surface area contributed by atoms with Crippen molar-refractivity contribution in [3.8, 4) is 0 Å². The number of benzene rings is 2. The van der Waals surface area contributed by atoms with Crippen LogP contribution in [-0.2, 0) is 9.73 Å². The lowest BCUT2D eigenvalue weighted by molar-refractivity contribution is 0.151. The van der Waals surface area contributed by atoms with Crippen LogP contribution >= 0.6 is 0 Å². The molecule has 0 heterocycles. The fourth-order valence-corrected chi connectivity index (χ4v) is 4.12. The highest BCUT2D eigenvalue weighted by Gasteiger charge is 2.19. The smallest absolute Gasteiger partial charge is 0.0963 e. The SMILES string of the molecule is CN=[S@](=O)(/C=C\[C@@H](C(C)C)[C@@H](O)/C=C/c1ccccc1)c1ccccc1. The second-order valence-corrected chi connectivity index (χ2v) is 8.72. The molecule has 2 aromatic carbocycles. The molecule has 0 saturated heterocycles. The molecule has 0 aromatic heterocycles. The summed E-state index contributed by atoms with van der Waals surface area (Å²) < 4.78 is 17.2. The highest BCUT2D eigenvalue weighted by molar-refractivity contribution is 7.96. The van der Waals surface area contributed by atoms with Gasteiger partial charge in [-0.15, -0.1) is 0 Å². The Balaban J connectivity index is 2.23. The quantitative estimate of drug-likeness (QED) is 0.746. The van der Waals surface area contributed by atoms with Gasteiger partial charge in [0, 0.05) is 18.4 Å². The number of hydrogen-bond donors (Lipinski definition) is 1. The van der Waals surface area contributed by atoms with Crippen molar-refractivity contribution >= 4 is 15.8 Å². The van der Waals surface area contributed by atoms with E-state index in [1.54, 1.807) is 18.5 Å². The minimum Gasteiger partial charge on any atom is -0.388 e. The van der Waals surface area contributed by atoms with E-state index in [1.165, 1.54) is 0 Å². The molecular formula is C22H27NO2S. The van der Waals surface area contributed by atoms with E-state index in [1.807, 2.05) is 86.7 Å². The van der Waals surface area contributed by atoms with Crippen molar-refractivity contribution in [1.82, 2.24) is 0 Å². The van der Waals surface area contributed by atoms with Gasteiger partial charge in [0.05, 0.1) is 20.7 Å². The van der Waals surface area contributed by atoms with Crippen LogP contribution in [0, 0.1) is 11.8 Å². The molecule has 0 radical (unpaired) electrons. The minimum absolute atomic E-state index is 0.152. The third-order valence-electron chi connectivity index (χ3n) is 4.29. The molecule has 0 amide bonds. The highest BCUT2D eigenvalue weighted by atomic mass is 32.2. The third kappa shape index (κ3) is 5.41. The Morgan fingerprint density at radius 1 is 0.962 bits per heavy atom. The molecule has 4 heteroatoms. The second-order valence-electron chi connectivity index (χ2n) is 6.47. The van der Waals surface area contributed by atoms with E-state index in [2.05, 4.69) is 4.36 Å². The first-order chi connectivity index (χ1) is 12.5. The van der Waals surface area contributed by atoms with Crippen LogP contribution in [0.2, 0.25) is 0 Å². The lowest BCUT2D eigenvalue weighted by Gasteiger charge is -2.21.